The third-order valence-corrected chi connectivity index (χ3v) is 3.65. The van der Waals surface area contributed by atoms with Gasteiger partial charge in [0.15, 0.2) is 5.96 Å². The van der Waals surface area contributed by atoms with Crippen LogP contribution in [0.4, 0.5) is 13.2 Å². The number of benzene rings is 1. The van der Waals surface area contributed by atoms with Gasteiger partial charge in [0.05, 0.1) is 20.2 Å². The minimum atomic E-state index is -4.16. The van der Waals surface area contributed by atoms with E-state index in [2.05, 4.69) is 15.6 Å². The topological polar surface area (TPSA) is 48.9 Å². The smallest absolute Gasteiger partial charge is 0.401 e. The fourth-order valence-corrected chi connectivity index (χ4v) is 2.43. The molecule has 156 valence electrons. The summed E-state index contributed by atoms with van der Waals surface area (Å²) in [4.78, 5) is 5.79. The molecule has 0 bridgehead atoms. The summed E-state index contributed by atoms with van der Waals surface area (Å²) >= 11 is 0. The van der Waals surface area contributed by atoms with E-state index in [0.717, 1.165) is 16.9 Å². The van der Waals surface area contributed by atoms with Crippen molar-refractivity contribution < 1.29 is 17.9 Å². The van der Waals surface area contributed by atoms with Gasteiger partial charge in [0, 0.05) is 18.7 Å². The molecule has 1 aromatic carbocycles. The molecule has 2 N–H and O–H groups in total. The quantitative estimate of drug-likeness (QED) is 0.235. The van der Waals surface area contributed by atoms with Crippen molar-refractivity contribution in [2.24, 2.45) is 4.99 Å². The summed E-state index contributed by atoms with van der Waals surface area (Å²) in [5, 5.41) is 6.28. The molecule has 0 saturated carbocycles. The first kappa shape index (κ1) is 25.8. The van der Waals surface area contributed by atoms with Crippen molar-refractivity contribution in [1.82, 2.24) is 15.5 Å². The first-order chi connectivity index (χ1) is 12.2. The molecule has 0 aromatic heterocycles. The highest BCUT2D eigenvalue weighted by atomic mass is 127. The van der Waals surface area contributed by atoms with Gasteiger partial charge < -0.3 is 15.4 Å². The number of methoxy groups -OCH3 is 1. The molecule has 1 aromatic rings. The van der Waals surface area contributed by atoms with E-state index in [0.29, 0.717) is 38.6 Å². The van der Waals surface area contributed by atoms with Crippen LogP contribution in [-0.4, -0.2) is 57.4 Å². The molecule has 0 radical (unpaired) electrons. The summed E-state index contributed by atoms with van der Waals surface area (Å²) < 4.78 is 42.3. The largest absolute Gasteiger partial charge is 0.496 e. The number of hydrogen-bond acceptors (Lipinski definition) is 3. The lowest BCUT2D eigenvalue weighted by atomic mass is 10.1. The maximum absolute atomic E-state index is 12.3. The summed E-state index contributed by atoms with van der Waals surface area (Å²) in [6.45, 7) is 5.11. The van der Waals surface area contributed by atoms with Gasteiger partial charge in [-0.05, 0) is 45.5 Å². The lowest BCUT2D eigenvalue weighted by molar-refractivity contribution is -0.143. The number of nitrogens with one attached hydrogen (secondary N) is 2. The van der Waals surface area contributed by atoms with Crippen molar-refractivity contribution in [3.05, 3.63) is 29.3 Å². The van der Waals surface area contributed by atoms with Gasteiger partial charge in [0.1, 0.15) is 5.75 Å². The predicted octanol–water partition coefficient (Wildman–Crippen LogP) is 3.56. The van der Waals surface area contributed by atoms with Gasteiger partial charge in [-0.1, -0.05) is 12.1 Å². The van der Waals surface area contributed by atoms with Gasteiger partial charge >= 0.3 is 6.18 Å². The van der Waals surface area contributed by atoms with Crippen LogP contribution in [0.15, 0.2) is 23.2 Å². The van der Waals surface area contributed by atoms with Gasteiger partial charge in [-0.2, -0.15) is 13.2 Å². The molecule has 0 unspecified atom stereocenters. The summed E-state index contributed by atoms with van der Waals surface area (Å²) in [6, 6.07) is 5.94. The molecule has 27 heavy (non-hydrogen) atoms. The number of aryl methyl sites for hydroxylation is 1. The van der Waals surface area contributed by atoms with Crippen molar-refractivity contribution in [1.29, 1.82) is 0 Å². The fraction of sp³-hybridized carbons (Fsp3) is 0.611. The number of hydrogen-bond donors (Lipinski definition) is 2. The lowest BCUT2D eigenvalue weighted by Gasteiger charge is -2.19. The predicted molar refractivity (Wildman–Crippen MR) is 114 cm³/mol. The molecule has 0 spiro atoms. The summed E-state index contributed by atoms with van der Waals surface area (Å²) in [5.41, 5.74) is 2.09. The van der Waals surface area contributed by atoms with E-state index in [9.17, 15) is 13.2 Å². The first-order valence-electron chi connectivity index (χ1n) is 8.66. The van der Waals surface area contributed by atoms with Gasteiger partial charge in [-0.15, -0.1) is 24.0 Å². The fourth-order valence-electron chi connectivity index (χ4n) is 2.43. The highest BCUT2D eigenvalue weighted by Gasteiger charge is 2.28. The Labute approximate surface area is 176 Å². The minimum Gasteiger partial charge on any atom is -0.496 e. The minimum absolute atomic E-state index is 0. The average Bonchev–Trinajstić information content (AvgIpc) is 2.55. The molecule has 0 amide bonds. The van der Waals surface area contributed by atoms with Crippen molar-refractivity contribution in [3.8, 4) is 5.75 Å². The molecule has 0 aliphatic rings. The summed E-state index contributed by atoms with van der Waals surface area (Å²) in [7, 11) is 3.10. The Morgan fingerprint density at radius 3 is 2.56 bits per heavy atom. The lowest BCUT2D eigenvalue weighted by Crippen LogP contribution is -2.39. The Hall–Kier alpha value is -1.23. The van der Waals surface area contributed by atoms with Crippen LogP contribution in [0.25, 0.3) is 0 Å². The van der Waals surface area contributed by atoms with Crippen molar-refractivity contribution in [2.45, 2.75) is 33.0 Å². The molecule has 5 nitrogen and oxygen atoms in total. The van der Waals surface area contributed by atoms with Gasteiger partial charge in [0.25, 0.3) is 0 Å². The Bertz CT molecular complexity index is 582. The van der Waals surface area contributed by atoms with Crippen LogP contribution in [0.1, 0.15) is 24.5 Å². The number of ether oxygens (including phenoxy) is 1. The van der Waals surface area contributed by atoms with E-state index < -0.39 is 12.7 Å². The Morgan fingerprint density at radius 2 is 1.96 bits per heavy atom. The van der Waals surface area contributed by atoms with Crippen molar-refractivity contribution in [3.63, 3.8) is 0 Å². The Kier molecular flexibility index (Phi) is 12.4. The average molecular weight is 502 g/mol. The molecule has 9 heteroatoms. The van der Waals surface area contributed by atoms with E-state index in [-0.39, 0.29) is 24.0 Å². The van der Waals surface area contributed by atoms with E-state index in [1.807, 2.05) is 32.0 Å². The number of alkyl halides is 3. The van der Waals surface area contributed by atoms with Crippen LogP contribution in [0.3, 0.4) is 0 Å². The summed E-state index contributed by atoms with van der Waals surface area (Å²) in [6.07, 6.45) is -3.57. The monoisotopic (exact) mass is 502 g/mol. The molecule has 0 saturated heterocycles. The standard InChI is InChI=1S/C18H29F3N4O.HI/c1-5-22-17(23-9-6-10-25(3)13-18(19,20)21)24-12-15-8-7-14(2)11-16(15)26-4;/h7-8,11H,5-6,9-10,12-13H2,1-4H3,(H2,22,23,24);1H. The van der Waals surface area contributed by atoms with Gasteiger partial charge in [0.2, 0.25) is 0 Å². The Balaban J connectivity index is 0.00000676. The van der Waals surface area contributed by atoms with E-state index in [1.165, 1.54) is 11.9 Å². The highest BCUT2D eigenvalue weighted by molar-refractivity contribution is 14.0. The Morgan fingerprint density at radius 1 is 1.26 bits per heavy atom. The molecule has 0 fully saturated rings. The van der Waals surface area contributed by atoms with E-state index in [4.69, 9.17) is 4.74 Å². The third-order valence-electron chi connectivity index (χ3n) is 3.65. The van der Waals surface area contributed by atoms with Crippen LogP contribution < -0.4 is 15.4 Å². The number of halogens is 4. The first-order valence-corrected chi connectivity index (χ1v) is 8.66. The maximum atomic E-state index is 12.3. The molecule has 0 atom stereocenters. The van der Waals surface area contributed by atoms with Gasteiger partial charge in [-0.25, -0.2) is 4.99 Å². The molecular weight excluding hydrogens is 472 g/mol. The number of guanidine groups is 1. The number of nitrogens with zero attached hydrogens (tertiary/aromatic N) is 2. The second-order valence-corrected chi connectivity index (χ2v) is 6.14. The van der Waals surface area contributed by atoms with Crippen LogP contribution in [0.2, 0.25) is 0 Å². The summed E-state index contributed by atoms with van der Waals surface area (Å²) in [5.74, 6) is 1.42. The zero-order chi connectivity index (χ0) is 19.6. The van der Waals surface area contributed by atoms with Crippen LogP contribution >= 0.6 is 24.0 Å². The van der Waals surface area contributed by atoms with Crippen LogP contribution in [0, 0.1) is 6.92 Å². The number of aliphatic imine (C=N–C) groups is 1. The van der Waals surface area contributed by atoms with Gasteiger partial charge in [-0.3, -0.25) is 4.90 Å². The van der Waals surface area contributed by atoms with Crippen molar-refractivity contribution >= 4 is 29.9 Å². The number of rotatable bonds is 9. The second kappa shape index (κ2) is 13.0. The molecule has 1 rings (SSSR count). The van der Waals surface area contributed by atoms with Crippen LogP contribution in [-0.2, 0) is 6.54 Å². The SMILES string of the molecule is CCNC(=NCc1ccc(C)cc1OC)NCCCN(C)CC(F)(F)F.I. The normalized spacial score (nSPS) is 11.9. The molecule has 0 aliphatic heterocycles. The maximum Gasteiger partial charge on any atom is 0.401 e. The van der Waals surface area contributed by atoms with Crippen LogP contribution in [0.5, 0.6) is 5.75 Å². The molecule has 0 heterocycles. The third kappa shape index (κ3) is 11.3. The molecule has 0 aliphatic carbocycles. The molecular formula is C18H30F3IN4O. The second-order valence-electron chi connectivity index (χ2n) is 6.14. The van der Waals surface area contributed by atoms with E-state index >= 15 is 0 Å². The zero-order valence-electron chi connectivity index (χ0n) is 16.3. The highest BCUT2D eigenvalue weighted by Crippen LogP contribution is 2.20. The van der Waals surface area contributed by atoms with Crippen molar-refractivity contribution in [2.75, 3.05) is 40.3 Å². The van der Waals surface area contributed by atoms with E-state index in [1.54, 1.807) is 7.11 Å². The zero-order valence-corrected chi connectivity index (χ0v) is 18.6.